The van der Waals surface area contributed by atoms with Crippen LogP contribution in [0.15, 0.2) is 11.6 Å². The van der Waals surface area contributed by atoms with Crippen LogP contribution in [0, 0.1) is 5.92 Å². The third-order valence-corrected chi connectivity index (χ3v) is 4.13. The molecule has 1 atom stereocenters. The van der Waals surface area contributed by atoms with Gasteiger partial charge in [0, 0.05) is 13.1 Å². The van der Waals surface area contributed by atoms with E-state index in [0.29, 0.717) is 0 Å². The number of carbonyl (C=O) groups is 1. The highest BCUT2D eigenvalue weighted by molar-refractivity contribution is 5.78. The number of nitrogens with one attached hydrogen (secondary N) is 1. The first kappa shape index (κ1) is 13.6. The van der Waals surface area contributed by atoms with Gasteiger partial charge in [0.15, 0.2) is 0 Å². The maximum absolute atomic E-state index is 12.0. The van der Waals surface area contributed by atoms with Crippen LogP contribution in [0.25, 0.3) is 0 Å². The lowest BCUT2D eigenvalue weighted by molar-refractivity contribution is -0.126. The van der Waals surface area contributed by atoms with Crippen molar-refractivity contribution < 1.29 is 4.79 Å². The van der Waals surface area contributed by atoms with Crippen molar-refractivity contribution in [1.82, 2.24) is 10.2 Å². The predicted octanol–water partition coefficient (Wildman–Crippen LogP) is 2.33. The number of piperidine rings is 1. The average Bonchev–Trinajstić information content (AvgIpc) is 2.40. The second-order valence-corrected chi connectivity index (χ2v) is 5.75. The van der Waals surface area contributed by atoms with Gasteiger partial charge in [0.2, 0.25) is 5.91 Å². The zero-order valence-electron chi connectivity index (χ0n) is 11.6. The Morgan fingerprint density at radius 2 is 2.33 bits per heavy atom. The summed E-state index contributed by atoms with van der Waals surface area (Å²) in [6, 6.07) is 0. The molecule has 0 aromatic heterocycles. The Hall–Kier alpha value is -0.830. The number of amides is 1. The van der Waals surface area contributed by atoms with E-state index < -0.39 is 0 Å². The number of hydrogen-bond acceptors (Lipinski definition) is 2. The Bertz CT molecular complexity index is 312. The zero-order chi connectivity index (χ0) is 12.8. The fraction of sp³-hybridized carbons (Fsp3) is 0.800. The molecule has 1 heterocycles. The van der Waals surface area contributed by atoms with E-state index in [-0.39, 0.29) is 11.8 Å². The fourth-order valence-electron chi connectivity index (χ4n) is 3.00. The van der Waals surface area contributed by atoms with Gasteiger partial charge in [-0.05, 0) is 58.5 Å². The number of allylic oxidation sites excluding steroid dienone is 1. The van der Waals surface area contributed by atoms with Crippen LogP contribution < -0.4 is 5.32 Å². The molecule has 1 fully saturated rings. The lowest BCUT2D eigenvalue weighted by atomic mass is 9.96. The maximum atomic E-state index is 12.0. The summed E-state index contributed by atoms with van der Waals surface area (Å²) in [5.41, 5.74) is 1.54. The molecule has 3 heteroatoms. The molecule has 0 aromatic rings. The lowest BCUT2D eigenvalue weighted by Crippen LogP contribution is -2.41. The second-order valence-electron chi connectivity index (χ2n) is 5.75. The summed E-state index contributed by atoms with van der Waals surface area (Å²) in [5, 5.41) is 3.11. The minimum absolute atomic E-state index is 0.212. The van der Waals surface area contributed by atoms with Crippen LogP contribution in [0.1, 0.15) is 44.9 Å². The molecule has 3 nitrogen and oxygen atoms in total. The molecule has 0 aromatic carbocycles. The second kappa shape index (κ2) is 6.93. The SMILES string of the molecule is CN1CCCC(C(=O)NCCC2=CCCCC2)C1. The molecule has 0 spiro atoms. The molecule has 0 saturated carbocycles. The van der Waals surface area contributed by atoms with Crippen molar-refractivity contribution in [1.29, 1.82) is 0 Å². The lowest BCUT2D eigenvalue weighted by Gasteiger charge is -2.28. The molecule has 1 saturated heterocycles. The van der Waals surface area contributed by atoms with E-state index in [4.69, 9.17) is 0 Å². The molecular formula is C15H26N2O. The van der Waals surface area contributed by atoms with Gasteiger partial charge in [-0.25, -0.2) is 0 Å². The quantitative estimate of drug-likeness (QED) is 0.777. The first-order chi connectivity index (χ1) is 8.75. The van der Waals surface area contributed by atoms with Gasteiger partial charge in [-0.2, -0.15) is 0 Å². The molecule has 2 aliphatic rings. The molecule has 0 bridgehead atoms. The first-order valence-corrected chi connectivity index (χ1v) is 7.40. The Kier molecular flexibility index (Phi) is 5.24. The number of rotatable bonds is 4. The molecule has 18 heavy (non-hydrogen) atoms. The third kappa shape index (κ3) is 4.13. The summed E-state index contributed by atoms with van der Waals surface area (Å²) in [4.78, 5) is 14.3. The van der Waals surface area contributed by atoms with E-state index >= 15 is 0 Å². The van der Waals surface area contributed by atoms with Crippen LogP contribution in [-0.4, -0.2) is 37.5 Å². The number of carbonyl (C=O) groups excluding carboxylic acids is 1. The molecule has 1 aliphatic carbocycles. The number of likely N-dealkylation sites (tertiary alicyclic amines) is 1. The van der Waals surface area contributed by atoms with E-state index in [0.717, 1.165) is 38.9 Å². The van der Waals surface area contributed by atoms with Crippen molar-refractivity contribution in [2.75, 3.05) is 26.7 Å². The van der Waals surface area contributed by atoms with Gasteiger partial charge >= 0.3 is 0 Å². The molecule has 2 rings (SSSR count). The minimum Gasteiger partial charge on any atom is -0.356 e. The van der Waals surface area contributed by atoms with Gasteiger partial charge in [0.25, 0.3) is 0 Å². The van der Waals surface area contributed by atoms with Crippen LogP contribution in [0.4, 0.5) is 0 Å². The smallest absolute Gasteiger partial charge is 0.224 e. The van der Waals surface area contributed by atoms with Crippen molar-refractivity contribution >= 4 is 5.91 Å². The van der Waals surface area contributed by atoms with Crippen LogP contribution in [-0.2, 0) is 4.79 Å². The van der Waals surface area contributed by atoms with Crippen LogP contribution in [0.5, 0.6) is 0 Å². The van der Waals surface area contributed by atoms with E-state index in [9.17, 15) is 4.79 Å². The summed E-state index contributed by atoms with van der Waals surface area (Å²) < 4.78 is 0. The highest BCUT2D eigenvalue weighted by Gasteiger charge is 2.23. The van der Waals surface area contributed by atoms with E-state index in [1.54, 1.807) is 5.57 Å². The molecule has 1 N–H and O–H groups in total. The molecular weight excluding hydrogens is 224 g/mol. The van der Waals surface area contributed by atoms with Crippen molar-refractivity contribution in [3.8, 4) is 0 Å². The standard InChI is InChI=1S/C15H26N2O/c1-17-11-5-8-14(12-17)15(18)16-10-9-13-6-3-2-4-7-13/h6,14H,2-5,7-12H2,1H3,(H,16,18). The highest BCUT2D eigenvalue weighted by atomic mass is 16.1. The number of hydrogen-bond donors (Lipinski definition) is 1. The van der Waals surface area contributed by atoms with Crippen LogP contribution in [0.3, 0.4) is 0 Å². The zero-order valence-corrected chi connectivity index (χ0v) is 11.6. The summed E-state index contributed by atoms with van der Waals surface area (Å²) >= 11 is 0. The molecule has 0 radical (unpaired) electrons. The monoisotopic (exact) mass is 250 g/mol. The Balaban J connectivity index is 1.66. The summed E-state index contributed by atoms with van der Waals surface area (Å²) in [6.07, 6.45) is 10.8. The third-order valence-electron chi connectivity index (χ3n) is 4.13. The molecule has 102 valence electrons. The molecule has 1 amide bonds. The number of nitrogens with zero attached hydrogens (tertiary/aromatic N) is 1. The maximum Gasteiger partial charge on any atom is 0.224 e. The average molecular weight is 250 g/mol. The van der Waals surface area contributed by atoms with Gasteiger partial charge in [-0.15, -0.1) is 0 Å². The summed E-state index contributed by atoms with van der Waals surface area (Å²) in [5.74, 6) is 0.474. The van der Waals surface area contributed by atoms with Gasteiger partial charge in [0.05, 0.1) is 5.92 Å². The molecule has 1 unspecified atom stereocenters. The summed E-state index contributed by atoms with van der Waals surface area (Å²) in [6.45, 7) is 2.88. The van der Waals surface area contributed by atoms with Crippen molar-refractivity contribution in [2.45, 2.75) is 44.9 Å². The normalized spacial score (nSPS) is 25.6. The highest BCUT2D eigenvalue weighted by Crippen LogP contribution is 2.19. The Morgan fingerprint density at radius 1 is 1.44 bits per heavy atom. The summed E-state index contributed by atoms with van der Waals surface area (Å²) in [7, 11) is 2.10. The Labute approximate surface area is 111 Å². The van der Waals surface area contributed by atoms with Gasteiger partial charge in [0.1, 0.15) is 0 Å². The van der Waals surface area contributed by atoms with Gasteiger partial charge < -0.3 is 10.2 Å². The minimum atomic E-state index is 0.212. The predicted molar refractivity (Wildman–Crippen MR) is 74.4 cm³/mol. The molecule has 1 aliphatic heterocycles. The van der Waals surface area contributed by atoms with E-state index in [1.807, 2.05) is 0 Å². The topological polar surface area (TPSA) is 32.3 Å². The van der Waals surface area contributed by atoms with Crippen molar-refractivity contribution in [3.63, 3.8) is 0 Å². The van der Waals surface area contributed by atoms with Gasteiger partial charge in [-0.3, -0.25) is 4.79 Å². The van der Waals surface area contributed by atoms with Crippen molar-refractivity contribution in [3.05, 3.63) is 11.6 Å². The van der Waals surface area contributed by atoms with E-state index in [1.165, 1.54) is 25.7 Å². The largest absolute Gasteiger partial charge is 0.356 e. The van der Waals surface area contributed by atoms with Crippen molar-refractivity contribution in [2.24, 2.45) is 5.92 Å². The fourth-order valence-corrected chi connectivity index (χ4v) is 3.00. The van der Waals surface area contributed by atoms with Gasteiger partial charge in [-0.1, -0.05) is 11.6 Å². The van der Waals surface area contributed by atoms with Crippen LogP contribution >= 0.6 is 0 Å². The van der Waals surface area contributed by atoms with E-state index in [2.05, 4.69) is 23.3 Å². The van der Waals surface area contributed by atoms with Crippen LogP contribution in [0.2, 0.25) is 0 Å². The Morgan fingerprint density at radius 3 is 3.06 bits per heavy atom. The first-order valence-electron chi connectivity index (χ1n) is 7.40.